The number of halogens is 3. The van der Waals surface area contributed by atoms with Gasteiger partial charge in [-0.25, -0.2) is 4.79 Å². The van der Waals surface area contributed by atoms with Crippen LogP contribution in [0.2, 0.25) is 0 Å². The third-order valence-electron chi connectivity index (χ3n) is 2.97. The van der Waals surface area contributed by atoms with Crippen LogP contribution in [-0.4, -0.2) is 23.9 Å². The second-order valence-corrected chi connectivity index (χ2v) is 4.63. The maximum atomic E-state index is 12.6. The molecule has 0 fully saturated rings. The fourth-order valence-corrected chi connectivity index (χ4v) is 1.61. The molecule has 0 radical (unpaired) electrons. The summed E-state index contributed by atoms with van der Waals surface area (Å²) in [6.07, 6.45) is -4.96. The molecule has 0 heterocycles. The molecule has 0 aliphatic carbocycles. The Morgan fingerprint density at radius 2 is 2.10 bits per heavy atom. The van der Waals surface area contributed by atoms with Gasteiger partial charge in [0.2, 0.25) is 0 Å². The molecule has 1 rings (SSSR count). The number of aliphatic hydroxyl groups is 1. The number of alkyl carbamates (subject to hydrolysis) is 1. The van der Waals surface area contributed by atoms with E-state index in [-0.39, 0.29) is 11.7 Å². The van der Waals surface area contributed by atoms with Gasteiger partial charge in [0.1, 0.15) is 6.10 Å². The van der Waals surface area contributed by atoms with Crippen LogP contribution in [0.15, 0.2) is 24.3 Å². The zero-order chi connectivity index (χ0) is 16.0. The van der Waals surface area contributed by atoms with Crippen molar-refractivity contribution < 1.29 is 27.8 Å². The molecule has 0 saturated heterocycles. The highest BCUT2D eigenvalue weighted by atomic mass is 19.4. The molecular weight excluding hydrogens is 287 g/mol. The number of benzene rings is 1. The summed E-state index contributed by atoms with van der Waals surface area (Å²) in [7, 11) is 0. The Bertz CT molecular complexity index is 477. The van der Waals surface area contributed by atoms with Gasteiger partial charge in [-0.15, -0.1) is 0 Å². The van der Waals surface area contributed by atoms with E-state index in [0.717, 1.165) is 12.1 Å². The average molecular weight is 305 g/mol. The number of hydrogen-bond acceptors (Lipinski definition) is 3. The van der Waals surface area contributed by atoms with Gasteiger partial charge in [0, 0.05) is 0 Å². The molecule has 2 N–H and O–H groups in total. The molecule has 118 valence electrons. The van der Waals surface area contributed by atoms with Gasteiger partial charge in [-0.3, -0.25) is 0 Å². The van der Waals surface area contributed by atoms with E-state index < -0.39 is 30.5 Å². The molecule has 0 saturated carbocycles. The molecule has 2 atom stereocenters. The summed E-state index contributed by atoms with van der Waals surface area (Å²) in [4.78, 5) is 11.6. The number of nitrogens with one attached hydrogen (secondary N) is 1. The Balaban J connectivity index is 2.83. The molecule has 0 aliphatic rings. The smallest absolute Gasteiger partial charge is 0.416 e. The Morgan fingerprint density at radius 3 is 2.62 bits per heavy atom. The lowest BCUT2D eigenvalue weighted by Gasteiger charge is -2.19. The fourth-order valence-electron chi connectivity index (χ4n) is 1.61. The van der Waals surface area contributed by atoms with E-state index in [1.54, 1.807) is 6.92 Å². The second-order valence-electron chi connectivity index (χ2n) is 4.63. The van der Waals surface area contributed by atoms with E-state index in [0.29, 0.717) is 6.42 Å². The number of rotatable bonds is 5. The molecule has 4 nitrogen and oxygen atoms in total. The molecule has 7 heteroatoms. The lowest BCUT2D eigenvalue weighted by molar-refractivity contribution is -0.137. The number of alkyl halides is 3. The van der Waals surface area contributed by atoms with E-state index >= 15 is 0 Å². The molecular formula is C14H18F3NO3. The van der Waals surface area contributed by atoms with Crippen molar-refractivity contribution in [3.8, 4) is 0 Å². The van der Waals surface area contributed by atoms with Crippen molar-refractivity contribution in [1.82, 2.24) is 5.32 Å². The topological polar surface area (TPSA) is 58.6 Å². The van der Waals surface area contributed by atoms with E-state index in [1.165, 1.54) is 12.1 Å². The normalized spacial score (nSPS) is 14.4. The average Bonchev–Trinajstić information content (AvgIpc) is 2.43. The third-order valence-corrected chi connectivity index (χ3v) is 2.97. The number of carbonyl (C=O) groups is 1. The monoisotopic (exact) mass is 305 g/mol. The van der Waals surface area contributed by atoms with Gasteiger partial charge in [0.05, 0.1) is 18.2 Å². The number of aliphatic hydroxyl groups excluding tert-OH is 1. The van der Waals surface area contributed by atoms with Crippen molar-refractivity contribution >= 4 is 6.09 Å². The number of hydrogen-bond donors (Lipinski definition) is 2. The van der Waals surface area contributed by atoms with Crippen LogP contribution in [0, 0.1) is 0 Å². The number of carbonyl (C=O) groups excluding carboxylic acids is 1. The number of amides is 1. The van der Waals surface area contributed by atoms with Crippen LogP contribution in [0.1, 0.15) is 37.4 Å². The van der Waals surface area contributed by atoms with Gasteiger partial charge in [-0.05, 0) is 31.0 Å². The molecule has 0 aromatic heterocycles. The minimum atomic E-state index is -4.48. The minimum absolute atomic E-state index is 0.161. The van der Waals surface area contributed by atoms with E-state index in [1.807, 2.05) is 6.92 Å². The van der Waals surface area contributed by atoms with Gasteiger partial charge in [-0.2, -0.15) is 13.2 Å². The van der Waals surface area contributed by atoms with Crippen LogP contribution in [0.4, 0.5) is 18.0 Å². The lowest BCUT2D eigenvalue weighted by Crippen LogP contribution is -2.33. The summed E-state index contributed by atoms with van der Waals surface area (Å²) in [5.41, 5.74) is -0.677. The van der Waals surface area contributed by atoms with Crippen LogP contribution in [0.3, 0.4) is 0 Å². The summed E-state index contributed by atoms with van der Waals surface area (Å²) in [5.74, 6) is 0. The fraction of sp³-hybridized carbons (Fsp3) is 0.500. The third kappa shape index (κ3) is 5.26. The highest BCUT2D eigenvalue weighted by molar-refractivity contribution is 5.68. The van der Waals surface area contributed by atoms with Crippen molar-refractivity contribution in [2.45, 2.75) is 38.6 Å². The Labute approximate surface area is 120 Å². The predicted octanol–water partition coefficient (Wildman–Crippen LogP) is 3.26. The van der Waals surface area contributed by atoms with Gasteiger partial charge < -0.3 is 15.2 Å². The first kappa shape index (κ1) is 17.3. The number of ether oxygens (including phenoxy) is 1. The van der Waals surface area contributed by atoms with Crippen molar-refractivity contribution in [3.05, 3.63) is 35.4 Å². The maximum Gasteiger partial charge on any atom is 0.416 e. The largest absolute Gasteiger partial charge is 0.447 e. The highest BCUT2D eigenvalue weighted by Crippen LogP contribution is 2.30. The molecule has 2 unspecified atom stereocenters. The minimum Gasteiger partial charge on any atom is -0.447 e. The van der Waals surface area contributed by atoms with Crippen LogP contribution in [0.5, 0.6) is 0 Å². The maximum absolute atomic E-state index is 12.6. The first-order valence-corrected chi connectivity index (χ1v) is 6.53. The molecule has 0 spiro atoms. The van der Waals surface area contributed by atoms with Gasteiger partial charge in [-0.1, -0.05) is 19.1 Å². The zero-order valence-electron chi connectivity index (χ0n) is 11.8. The molecule has 1 amide bonds. The van der Waals surface area contributed by atoms with Gasteiger partial charge in [0.25, 0.3) is 0 Å². The summed E-state index contributed by atoms with van der Waals surface area (Å²) in [6.45, 7) is 2.99. The van der Waals surface area contributed by atoms with Gasteiger partial charge in [0.15, 0.2) is 0 Å². The molecule has 0 aliphatic heterocycles. The van der Waals surface area contributed by atoms with Crippen LogP contribution in [-0.2, 0) is 10.9 Å². The summed E-state index contributed by atoms with van der Waals surface area (Å²) >= 11 is 0. The van der Waals surface area contributed by atoms with E-state index in [9.17, 15) is 23.1 Å². The van der Waals surface area contributed by atoms with Gasteiger partial charge >= 0.3 is 12.3 Å². The lowest BCUT2D eigenvalue weighted by atomic mass is 10.0. The SMILES string of the molecule is CCC(C)OC(=O)NC(CO)c1cccc(C(F)(F)F)c1. The van der Waals surface area contributed by atoms with E-state index in [2.05, 4.69) is 5.32 Å². The van der Waals surface area contributed by atoms with Crippen LogP contribution in [0.25, 0.3) is 0 Å². The highest BCUT2D eigenvalue weighted by Gasteiger charge is 2.31. The molecule has 0 bridgehead atoms. The van der Waals surface area contributed by atoms with Crippen molar-refractivity contribution in [2.75, 3.05) is 6.61 Å². The Hall–Kier alpha value is -1.76. The first-order chi connectivity index (χ1) is 9.77. The molecule has 21 heavy (non-hydrogen) atoms. The predicted molar refractivity (Wildman–Crippen MR) is 70.6 cm³/mol. The van der Waals surface area contributed by atoms with Crippen LogP contribution < -0.4 is 5.32 Å². The molecule has 1 aromatic carbocycles. The van der Waals surface area contributed by atoms with Crippen molar-refractivity contribution in [1.29, 1.82) is 0 Å². The summed E-state index contributed by atoms with van der Waals surface area (Å²) < 4.78 is 42.9. The van der Waals surface area contributed by atoms with E-state index in [4.69, 9.17) is 4.74 Å². The second kappa shape index (κ2) is 7.31. The Morgan fingerprint density at radius 1 is 1.43 bits per heavy atom. The van der Waals surface area contributed by atoms with Crippen LogP contribution >= 0.6 is 0 Å². The summed E-state index contributed by atoms with van der Waals surface area (Å²) in [6, 6.07) is 3.49. The molecule has 1 aromatic rings. The van der Waals surface area contributed by atoms with Crippen molar-refractivity contribution in [2.24, 2.45) is 0 Å². The summed E-state index contributed by atoms with van der Waals surface area (Å²) in [5, 5.41) is 11.6. The first-order valence-electron chi connectivity index (χ1n) is 6.53. The van der Waals surface area contributed by atoms with Crippen molar-refractivity contribution in [3.63, 3.8) is 0 Å². The standard InChI is InChI=1S/C14H18F3NO3/c1-3-9(2)21-13(20)18-12(8-19)10-5-4-6-11(7-10)14(15,16)17/h4-7,9,12,19H,3,8H2,1-2H3,(H,18,20). The Kier molecular flexibility index (Phi) is 6.02. The quantitative estimate of drug-likeness (QED) is 0.878. The zero-order valence-corrected chi connectivity index (χ0v) is 11.8.